The number of benzene rings is 1. The number of nitrogens with one attached hydrogen (secondary N) is 1. The molecular weight excluding hydrogens is 300 g/mol. The summed E-state index contributed by atoms with van der Waals surface area (Å²) in [6.07, 6.45) is 0. The van der Waals surface area contributed by atoms with Crippen molar-refractivity contribution in [2.24, 2.45) is 0 Å². The summed E-state index contributed by atoms with van der Waals surface area (Å²) in [6.45, 7) is 0.514. The molecule has 2 heterocycles. The Bertz CT molecular complexity index is 739. The summed E-state index contributed by atoms with van der Waals surface area (Å²) >= 11 is 1.45. The fraction of sp³-hybridized carbons (Fsp3) is 0.250. The number of carbonyl (C=O) groups is 2. The van der Waals surface area contributed by atoms with Gasteiger partial charge in [-0.1, -0.05) is 12.1 Å². The molecule has 0 fully saturated rings. The lowest BCUT2D eigenvalue weighted by Crippen LogP contribution is -2.36. The molecule has 2 amide bonds. The van der Waals surface area contributed by atoms with Crippen molar-refractivity contribution in [3.63, 3.8) is 0 Å². The molecule has 0 saturated heterocycles. The molecule has 22 heavy (non-hydrogen) atoms. The quantitative estimate of drug-likeness (QED) is 0.943. The van der Waals surface area contributed by atoms with Crippen molar-refractivity contribution in [3.05, 3.63) is 40.8 Å². The number of hydrogen-bond donors (Lipinski definition) is 1. The van der Waals surface area contributed by atoms with E-state index < -0.39 is 0 Å². The second-order valence-corrected chi connectivity index (χ2v) is 6.14. The minimum absolute atomic E-state index is 0.0466. The molecule has 1 aromatic heterocycles. The van der Waals surface area contributed by atoms with Crippen molar-refractivity contribution in [2.75, 3.05) is 20.6 Å². The molecule has 114 valence electrons. The summed E-state index contributed by atoms with van der Waals surface area (Å²) in [7, 11) is 3.18. The minimum Gasteiger partial charge on any atom is -0.488 e. The average molecular weight is 316 g/mol. The zero-order valence-corrected chi connectivity index (χ0v) is 13.2. The van der Waals surface area contributed by atoms with E-state index in [0.29, 0.717) is 11.5 Å². The second-order valence-electron chi connectivity index (χ2n) is 5.08. The predicted molar refractivity (Wildman–Crippen MR) is 85.1 cm³/mol. The number of likely N-dealkylation sites (N-methyl/N-ethyl adjacent to an activating group) is 2. The number of ether oxygens (including phenoxy) is 1. The smallest absolute Gasteiger partial charge is 0.264 e. The molecule has 1 aromatic carbocycles. The fourth-order valence-electron chi connectivity index (χ4n) is 2.36. The van der Waals surface area contributed by atoms with Crippen LogP contribution in [0, 0.1) is 0 Å². The maximum absolute atomic E-state index is 12.4. The van der Waals surface area contributed by atoms with Crippen LogP contribution in [0.2, 0.25) is 0 Å². The molecule has 6 heteroatoms. The van der Waals surface area contributed by atoms with Gasteiger partial charge in [-0.05, 0) is 18.2 Å². The molecule has 0 bridgehead atoms. The molecule has 0 atom stereocenters. The third-order valence-electron chi connectivity index (χ3n) is 3.54. The molecule has 2 aromatic rings. The molecule has 0 saturated carbocycles. The third-order valence-corrected chi connectivity index (χ3v) is 4.74. The molecular formula is C16H16N2O3S. The van der Waals surface area contributed by atoms with Gasteiger partial charge in [0.2, 0.25) is 5.91 Å². The highest BCUT2D eigenvalue weighted by Gasteiger charge is 2.24. The summed E-state index contributed by atoms with van der Waals surface area (Å²) < 4.78 is 5.70. The van der Waals surface area contributed by atoms with Crippen molar-refractivity contribution < 1.29 is 14.3 Å². The van der Waals surface area contributed by atoms with Crippen LogP contribution in [-0.2, 0) is 11.4 Å². The third kappa shape index (κ3) is 2.57. The lowest BCUT2D eigenvalue weighted by Gasteiger charge is -2.16. The van der Waals surface area contributed by atoms with Crippen LogP contribution in [0.4, 0.5) is 0 Å². The maximum atomic E-state index is 12.4. The van der Waals surface area contributed by atoms with Crippen LogP contribution in [0.1, 0.15) is 15.2 Å². The number of carbonyl (C=O) groups excluding carboxylic acids is 2. The van der Waals surface area contributed by atoms with E-state index in [-0.39, 0.29) is 18.4 Å². The Morgan fingerprint density at radius 3 is 2.91 bits per heavy atom. The van der Waals surface area contributed by atoms with Gasteiger partial charge in [0.1, 0.15) is 12.4 Å². The number of hydrogen-bond acceptors (Lipinski definition) is 4. The van der Waals surface area contributed by atoms with E-state index in [9.17, 15) is 9.59 Å². The molecule has 1 N–H and O–H groups in total. The number of nitrogens with zero attached hydrogens (tertiary/aromatic N) is 1. The molecule has 1 aliphatic rings. The van der Waals surface area contributed by atoms with Crippen molar-refractivity contribution in [3.8, 4) is 16.2 Å². The first-order valence-electron chi connectivity index (χ1n) is 6.91. The topological polar surface area (TPSA) is 58.6 Å². The molecule has 5 nitrogen and oxygen atoms in total. The van der Waals surface area contributed by atoms with E-state index in [1.807, 2.05) is 30.3 Å². The Hall–Kier alpha value is -2.34. The summed E-state index contributed by atoms with van der Waals surface area (Å²) in [5, 5.41) is 2.51. The summed E-state index contributed by atoms with van der Waals surface area (Å²) in [5.41, 5.74) is 2.03. The van der Waals surface area contributed by atoms with Crippen LogP contribution < -0.4 is 10.1 Å². The van der Waals surface area contributed by atoms with Gasteiger partial charge in [0.05, 0.1) is 11.4 Å². The SMILES string of the molecule is CNC(=O)CN(C)C(=O)c1cc2c(s1)-c1ccccc1OC2. The highest BCUT2D eigenvalue weighted by molar-refractivity contribution is 7.17. The predicted octanol–water partition coefficient (Wildman–Crippen LogP) is 2.13. The first-order chi connectivity index (χ1) is 10.6. The van der Waals surface area contributed by atoms with Gasteiger partial charge in [0, 0.05) is 30.1 Å². The minimum atomic E-state index is -0.189. The molecule has 3 rings (SSSR count). The highest BCUT2D eigenvalue weighted by atomic mass is 32.1. The van der Waals surface area contributed by atoms with Crippen LogP contribution in [0.15, 0.2) is 30.3 Å². The second kappa shape index (κ2) is 5.81. The Morgan fingerprint density at radius 2 is 2.14 bits per heavy atom. The first-order valence-corrected chi connectivity index (χ1v) is 7.72. The van der Waals surface area contributed by atoms with Crippen molar-refractivity contribution >= 4 is 23.2 Å². The lowest BCUT2D eigenvalue weighted by molar-refractivity contribution is -0.121. The van der Waals surface area contributed by atoms with Crippen LogP contribution in [-0.4, -0.2) is 37.4 Å². The van der Waals surface area contributed by atoms with Gasteiger partial charge in [-0.2, -0.15) is 0 Å². The Morgan fingerprint density at radius 1 is 1.36 bits per heavy atom. The van der Waals surface area contributed by atoms with Crippen molar-refractivity contribution in [2.45, 2.75) is 6.61 Å². The molecule has 0 spiro atoms. The Kier molecular flexibility index (Phi) is 3.85. The Balaban J connectivity index is 1.88. The van der Waals surface area contributed by atoms with E-state index in [0.717, 1.165) is 21.8 Å². The van der Waals surface area contributed by atoms with Gasteiger partial charge in [0.15, 0.2) is 0 Å². The largest absolute Gasteiger partial charge is 0.488 e. The maximum Gasteiger partial charge on any atom is 0.264 e. The molecule has 1 aliphatic heterocycles. The van der Waals surface area contributed by atoms with E-state index in [2.05, 4.69) is 5.32 Å². The number of rotatable bonds is 3. The molecule has 0 radical (unpaired) electrons. The van der Waals surface area contributed by atoms with Crippen LogP contribution in [0.25, 0.3) is 10.4 Å². The lowest BCUT2D eigenvalue weighted by atomic mass is 10.1. The van der Waals surface area contributed by atoms with Crippen molar-refractivity contribution in [1.82, 2.24) is 10.2 Å². The highest BCUT2D eigenvalue weighted by Crippen LogP contribution is 2.42. The first kappa shape index (κ1) is 14.6. The monoisotopic (exact) mass is 316 g/mol. The molecule has 0 aliphatic carbocycles. The van der Waals surface area contributed by atoms with E-state index in [4.69, 9.17) is 4.74 Å². The van der Waals surface area contributed by atoms with Crippen LogP contribution >= 0.6 is 11.3 Å². The standard InChI is InChI=1S/C16H16N2O3S/c1-17-14(19)8-18(2)16(20)13-7-10-9-21-12-6-4-3-5-11(12)15(10)22-13/h3-7H,8-9H2,1-2H3,(H,17,19). The number of fused-ring (bicyclic) bond motifs is 3. The number of amides is 2. The van der Waals surface area contributed by atoms with Crippen LogP contribution in [0.5, 0.6) is 5.75 Å². The Labute approximate surface area is 132 Å². The zero-order chi connectivity index (χ0) is 15.7. The van der Waals surface area contributed by atoms with Crippen LogP contribution in [0.3, 0.4) is 0 Å². The molecule has 0 unspecified atom stereocenters. The summed E-state index contributed by atoms with van der Waals surface area (Å²) in [5.74, 6) is 0.501. The van der Waals surface area contributed by atoms with Gasteiger partial charge >= 0.3 is 0 Å². The van der Waals surface area contributed by atoms with Crippen molar-refractivity contribution in [1.29, 1.82) is 0 Å². The van der Waals surface area contributed by atoms with E-state index in [1.54, 1.807) is 14.1 Å². The zero-order valence-electron chi connectivity index (χ0n) is 12.4. The number of thiophene rings is 1. The van der Waals surface area contributed by atoms with Gasteiger partial charge in [-0.3, -0.25) is 9.59 Å². The van der Waals surface area contributed by atoms with E-state index in [1.165, 1.54) is 16.2 Å². The number of para-hydroxylation sites is 1. The average Bonchev–Trinajstić information content (AvgIpc) is 2.98. The van der Waals surface area contributed by atoms with E-state index >= 15 is 0 Å². The van der Waals surface area contributed by atoms with Gasteiger partial charge in [0.25, 0.3) is 5.91 Å². The van der Waals surface area contributed by atoms with Gasteiger partial charge in [-0.15, -0.1) is 11.3 Å². The summed E-state index contributed by atoms with van der Waals surface area (Å²) in [6, 6.07) is 9.67. The summed E-state index contributed by atoms with van der Waals surface area (Å²) in [4.78, 5) is 26.9. The van der Waals surface area contributed by atoms with Gasteiger partial charge < -0.3 is 15.0 Å². The fourth-order valence-corrected chi connectivity index (χ4v) is 3.55. The van der Waals surface area contributed by atoms with Gasteiger partial charge in [-0.25, -0.2) is 0 Å². The normalized spacial score (nSPS) is 11.9.